The lowest BCUT2D eigenvalue weighted by Gasteiger charge is -2.33. The van der Waals surface area contributed by atoms with Gasteiger partial charge in [-0.1, -0.05) is 17.7 Å². The van der Waals surface area contributed by atoms with E-state index in [1.165, 1.54) is 4.90 Å². The van der Waals surface area contributed by atoms with Crippen molar-refractivity contribution in [1.29, 1.82) is 0 Å². The van der Waals surface area contributed by atoms with E-state index in [9.17, 15) is 19.2 Å². The second-order valence-electron chi connectivity index (χ2n) is 12.3. The number of nitrogens with zero attached hydrogens (tertiary/aromatic N) is 5. The van der Waals surface area contributed by atoms with Gasteiger partial charge in [0, 0.05) is 68.5 Å². The van der Waals surface area contributed by atoms with Crippen LogP contribution in [0.4, 0.5) is 5.69 Å². The molecule has 1 aromatic carbocycles. The molecule has 0 aliphatic carbocycles. The van der Waals surface area contributed by atoms with Crippen molar-refractivity contribution in [3.8, 4) is 0 Å². The predicted octanol–water partition coefficient (Wildman–Crippen LogP) is 3.41. The monoisotopic (exact) mass is 609 g/mol. The third-order valence-electron chi connectivity index (χ3n) is 9.20. The zero-order valence-corrected chi connectivity index (χ0v) is 25.8. The molecule has 11 heteroatoms. The first kappa shape index (κ1) is 30.9. The number of aromatic nitrogens is 1. The van der Waals surface area contributed by atoms with Gasteiger partial charge < -0.3 is 24.7 Å². The lowest BCUT2D eigenvalue weighted by atomic mass is 9.94. The molecule has 3 amide bonds. The van der Waals surface area contributed by atoms with Crippen LogP contribution in [0.15, 0.2) is 30.5 Å². The van der Waals surface area contributed by atoms with E-state index >= 15 is 0 Å². The minimum atomic E-state index is -1.06. The number of benzene rings is 1. The average Bonchev–Trinajstić information content (AvgIpc) is 3.52. The van der Waals surface area contributed by atoms with E-state index in [4.69, 9.17) is 16.7 Å². The van der Waals surface area contributed by atoms with Crippen molar-refractivity contribution in [2.75, 3.05) is 57.3 Å². The Balaban J connectivity index is 1.18. The third-order valence-corrected chi connectivity index (χ3v) is 9.60. The summed E-state index contributed by atoms with van der Waals surface area (Å²) in [6.07, 6.45) is 2.92. The van der Waals surface area contributed by atoms with E-state index in [1.54, 1.807) is 17.2 Å². The fraction of sp³-hybridized carbons (Fsp3) is 0.531. The van der Waals surface area contributed by atoms with Crippen LogP contribution in [0.1, 0.15) is 46.4 Å². The van der Waals surface area contributed by atoms with E-state index in [-0.39, 0.29) is 37.2 Å². The lowest BCUT2D eigenvalue weighted by Crippen LogP contribution is -2.47. The Hall–Kier alpha value is -3.50. The van der Waals surface area contributed by atoms with Crippen molar-refractivity contribution in [2.24, 2.45) is 17.8 Å². The van der Waals surface area contributed by atoms with Gasteiger partial charge in [0.05, 0.1) is 11.3 Å². The molecule has 10 nitrogen and oxygen atoms in total. The number of piperidine rings is 1. The molecule has 0 saturated carbocycles. The molecule has 4 heterocycles. The maximum Gasteiger partial charge on any atom is 0.323 e. The highest BCUT2D eigenvalue weighted by molar-refractivity contribution is 6.31. The Kier molecular flexibility index (Phi) is 9.36. The Morgan fingerprint density at radius 3 is 2.40 bits per heavy atom. The molecule has 3 aliphatic rings. The van der Waals surface area contributed by atoms with Crippen LogP contribution in [0.3, 0.4) is 0 Å². The van der Waals surface area contributed by atoms with Crippen molar-refractivity contribution >= 4 is 41.0 Å². The number of hydrogen-bond donors (Lipinski definition) is 1. The van der Waals surface area contributed by atoms with Crippen molar-refractivity contribution in [1.82, 2.24) is 19.7 Å². The van der Waals surface area contributed by atoms with Crippen LogP contribution in [0, 0.1) is 38.5 Å². The molecule has 2 aromatic rings. The molecule has 43 heavy (non-hydrogen) atoms. The Morgan fingerprint density at radius 2 is 1.77 bits per heavy atom. The van der Waals surface area contributed by atoms with Crippen molar-refractivity contribution in [3.05, 3.63) is 57.9 Å². The highest BCUT2D eigenvalue weighted by Crippen LogP contribution is 2.33. The number of fused-ring (bicyclic) bond motifs is 1. The predicted molar refractivity (Wildman–Crippen MR) is 163 cm³/mol. The summed E-state index contributed by atoms with van der Waals surface area (Å²) in [5.41, 5.74) is 4.07. The second-order valence-corrected chi connectivity index (χ2v) is 12.7. The molecule has 3 fully saturated rings. The summed E-state index contributed by atoms with van der Waals surface area (Å²) in [6.45, 7) is 10.3. The van der Waals surface area contributed by atoms with Gasteiger partial charge in [0.1, 0.15) is 6.54 Å². The van der Waals surface area contributed by atoms with Gasteiger partial charge >= 0.3 is 5.97 Å². The van der Waals surface area contributed by atoms with Gasteiger partial charge in [-0.15, -0.1) is 0 Å². The van der Waals surface area contributed by atoms with Gasteiger partial charge in [-0.3, -0.25) is 24.2 Å². The molecule has 0 spiro atoms. The van der Waals surface area contributed by atoms with Crippen LogP contribution < -0.4 is 4.90 Å². The van der Waals surface area contributed by atoms with Crippen molar-refractivity contribution in [2.45, 2.75) is 40.0 Å². The molecule has 0 radical (unpaired) electrons. The lowest BCUT2D eigenvalue weighted by molar-refractivity contribution is -0.147. The molecule has 3 atom stereocenters. The van der Waals surface area contributed by atoms with E-state index in [2.05, 4.69) is 9.88 Å². The first-order valence-electron chi connectivity index (χ1n) is 15.0. The summed E-state index contributed by atoms with van der Waals surface area (Å²) < 4.78 is 0. The van der Waals surface area contributed by atoms with Crippen molar-refractivity contribution < 1.29 is 24.3 Å². The van der Waals surface area contributed by atoms with Gasteiger partial charge in [-0.25, -0.2) is 0 Å². The number of carboxylic acid groups (broad SMARTS) is 1. The maximum atomic E-state index is 13.8. The number of anilines is 1. The number of amides is 3. The van der Waals surface area contributed by atoms with Gasteiger partial charge in [-0.05, 0) is 81.3 Å². The molecule has 3 aliphatic heterocycles. The first-order valence-corrected chi connectivity index (χ1v) is 15.4. The summed E-state index contributed by atoms with van der Waals surface area (Å²) >= 11 is 6.43. The average molecular weight is 610 g/mol. The number of halogens is 1. The molecule has 1 aromatic heterocycles. The Labute approximate surface area is 257 Å². The zero-order valence-electron chi connectivity index (χ0n) is 25.1. The van der Waals surface area contributed by atoms with E-state index in [1.807, 2.05) is 43.9 Å². The number of aryl methyl sites for hydroxylation is 3. The molecule has 3 unspecified atom stereocenters. The van der Waals surface area contributed by atoms with Gasteiger partial charge in [0.25, 0.3) is 5.91 Å². The highest BCUT2D eigenvalue weighted by Gasteiger charge is 2.42. The standard InChI is InChI=1S/C32H40ClN5O5/c1-20-5-6-26(14-27(20)33)38(31(42)23-8-12-36(19-29(40)41)28(39)13-23)11-4-10-35-15-24-17-37(18-25(24)16-35)32(43)30-21(2)7-9-34-22(30)3/h5-7,9,14,23-25H,4,8,10-13,15-19H2,1-3H3,(H,40,41). The molecular formula is C32H40ClN5O5. The topological polar surface area (TPSA) is 114 Å². The molecule has 1 N–H and O–H groups in total. The van der Waals surface area contributed by atoms with E-state index in [0.717, 1.165) is 61.5 Å². The van der Waals surface area contributed by atoms with Crippen LogP contribution in [-0.2, 0) is 14.4 Å². The summed E-state index contributed by atoms with van der Waals surface area (Å²) in [6, 6.07) is 7.46. The third kappa shape index (κ3) is 6.86. The SMILES string of the molecule is Cc1ccc(N(CCCN2CC3CN(C(=O)c4c(C)ccnc4C)CC3C2)C(=O)C2CCN(CC(=O)O)C(=O)C2)cc1Cl. The van der Waals surface area contributed by atoms with Crippen LogP contribution in [0.5, 0.6) is 0 Å². The largest absolute Gasteiger partial charge is 0.480 e. The first-order chi connectivity index (χ1) is 20.5. The minimum absolute atomic E-state index is 0.00497. The number of pyridine rings is 1. The zero-order chi connectivity index (χ0) is 30.8. The minimum Gasteiger partial charge on any atom is -0.480 e. The fourth-order valence-electron chi connectivity index (χ4n) is 6.82. The number of likely N-dealkylation sites (tertiary alicyclic amines) is 3. The number of hydrogen-bond acceptors (Lipinski definition) is 6. The van der Waals surface area contributed by atoms with Gasteiger partial charge in [0.2, 0.25) is 11.8 Å². The summed E-state index contributed by atoms with van der Waals surface area (Å²) in [4.78, 5) is 62.5. The molecule has 0 bridgehead atoms. The number of aliphatic carboxylic acids is 1. The molecule has 230 valence electrons. The fourth-order valence-corrected chi connectivity index (χ4v) is 7.00. The maximum absolute atomic E-state index is 13.8. The highest BCUT2D eigenvalue weighted by atomic mass is 35.5. The Bertz CT molecular complexity index is 1380. The van der Waals surface area contributed by atoms with Crippen LogP contribution >= 0.6 is 11.6 Å². The summed E-state index contributed by atoms with van der Waals surface area (Å²) in [7, 11) is 0. The van der Waals surface area contributed by atoms with Gasteiger partial charge in [-0.2, -0.15) is 0 Å². The number of carbonyl (C=O) groups excluding carboxylic acids is 3. The molecule has 5 rings (SSSR count). The Morgan fingerprint density at radius 1 is 1.05 bits per heavy atom. The number of rotatable bonds is 9. The van der Waals surface area contributed by atoms with Gasteiger partial charge in [0.15, 0.2) is 0 Å². The smallest absolute Gasteiger partial charge is 0.323 e. The normalized spacial score (nSPS) is 22.1. The second kappa shape index (κ2) is 13.0. The summed E-state index contributed by atoms with van der Waals surface area (Å²) in [5, 5.41) is 9.66. The van der Waals surface area contributed by atoms with Crippen LogP contribution in [-0.4, -0.2) is 101 Å². The molecule has 3 saturated heterocycles. The van der Waals surface area contributed by atoms with Crippen LogP contribution in [0.2, 0.25) is 5.02 Å². The quantitative estimate of drug-likeness (QED) is 0.463. The summed E-state index contributed by atoms with van der Waals surface area (Å²) in [5.74, 6) is -1.07. The van der Waals surface area contributed by atoms with Crippen LogP contribution in [0.25, 0.3) is 0 Å². The number of carboxylic acids is 1. The molecular weight excluding hydrogens is 570 g/mol. The van der Waals surface area contributed by atoms with Crippen molar-refractivity contribution in [3.63, 3.8) is 0 Å². The number of carbonyl (C=O) groups is 4. The van der Waals surface area contributed by atoms with E-state index < -0.39 is 11.9 Å². The van der Waals surface area contributed by atoms with E-state index in [0.29, 0.717) is 35.5 Å².